The fourth-order valence-electron chi connectivity index (χ4n) is 4.04. The number of hydrogen-bond donors (Lipinski definition) is 1. The van der Waals surface area contributed by atoms with Crippen LogP contribution in [0, 0.1) is 6.92 Å². The number of carbonyl (C=O) groups excluding carboxylic acids is 2. The lowest BCUT2D eigenvalue weighted by Crippen LogP contribution is -2.42. The molecule has 33 heavy (non-hydrogen) atoms. The largest absolute Gasteiger partial charge is 0.348 e. The Morgan fingerprint density at radius 2 is 1.39 bits per heavy atom. The van der Waals surface area contributed by atoms with Crippen LogP contribution in [-0.2, 0) is 4.79 Å². The monoisotopic (exact) mass is 439 g/mol. The summed E-state index contributed by atoms with van der Waals surface area (Å²) in [6.07, 6.45) is 5.38. The average Bonchev–Trinajstić information content (AvgIpc) is 2.87. The Balaban J connectivity index is 1.76. The molecule has 3 aromatic rings. The molecule has 0 atom stereocenters. The minimum Gasteiger partial charge on any atom is -0.348 e. The lowest BCUT2D eigenvalue weighted by atomic mass is 9.95. The van der Waals surface area contributed by atoms with Crippen molar-refractivity contribution in [3.05, 3.63) is 102 Å². The quantitative estimate of drug-likeness (QED) is 0.407. The Morgan fingerprint density at radius 3 is 2.03 bits per heavy atom. The molecular weight excluding hydrogens is 410 g/mol. The molecule has 0 unspecified atom stereocenters. The summed E-state index contributed by atoms with van der Waals surface area (Å²) in [5.41, 5.74) is 3.10. The number of aryl methyl sites for hydroxylation is 1. The molecule has 1 aliphatic rings. The van der Waals surface area contributed by atoms with Gasteiger partial charge in [-0.2, -0.15) is 10.1 Å². The number of amides is 2. The maximum atomic E-state index is 13.5. The third-order valence-corrected chi connectivity index (χ3v) is 5.89. The van der Waals surface area contributed by atoms with Crippen molar-refractivity contribution in [2.45, 2.75) is 45.1 Å². The van der Waals surface area contributed by atoms with Crippen molar-refractivity contribution in [2.75, 3.05) is 5.01 Å². The first-order chi connectivity index (χ1) is 16.1. The molecule has 1 aliphatic carbocycles. The van der Waals surface area contributed by atoms with Crippen LogP contribution in [0.5, 0.6) is 0 Å². The van der Waals surface area contributed by atoms with Crippen molar-refractivity contribution in [3.63, 3.8) is 0 Å². The molecule has 168 valence electrons. The van der Waals surface area contributed by atoms with Gasteiger partial charge in [-0.15, -0.1) is 0 Å². The molecule has 5 nitrogen and oxygen atoms in total. The fourth-order valence-corrected chi connectivity index (χ4v) is 4.04. The minimum absolute atomic E-state index is 0.136. The van der Waals surface area contributed by atoms with Crippen molar-refractivity contribution in [2.24, 2.45) is 5.10 Å². The Morgan fingerprint density at radius 1 is 0.788 bits per heavy atom. The van der Waals surface area contributed by atoms with Crippen LogP contribution in [0.2, 0.25) is 0 Å². The van der Waals surface area contributed by atoms with Gasteiger partial charge in [0, 0.05) is 17.2 Å². The molecule has 5 heteroatoms. The first-order valence-corrected chi connectivity index (χ1v) is 11.5. The van der Waals surface area contributed by atoms with Crippen LogP contribution >= 0.6 is 0 Å². The maximum absolute atomic E-state index is 13.5. The van der Waals surface area contributed by atoms with Crippen LogP contribution in [-0.4, -0.2) is 23.6 Å². The van der Waals surface area contributed by atoms with E-state index in [0.29, 0.717) is 16.8 Å². The van der Waals surface area contributed by atoms with Crippen molar-refractivity contribution >= 4 is 23.2 Å². The van der Waals surface area contributed by atoms with Crippen molar-refractivity contribution in [1.82, 2.24) is 5.32 Å². The average molecular weight is 440 g/mol. The standard InChI is InChI=1S/C28H29N3O2/c1-21-17-19-22(20-18-21)26(27(32)29-24-13-7-3-8-14-24)30-31(25-15-9-4-10-16-25)28(33)23-11-5-2-6-12-23/h2,4-6,9-12,15-20,24H,3,7-8,13-14H2,1H3,(H,29,32)/b30-26-. The Kier molecular flexibility index (Phi) is 7.30. The van der Waals surface area contributed by atoms with E-state index in [0.717, 1.165) is 31.2 Å². The van der Waals surface area contributed by atoms with E-state index in [1.165, 1.54) is 11.4 Å². The van der Waals surface area contributed by atoms with Gasteiger partial charge in [0.1, 0.15) is 0 Å². The zero-order valence-corrected chi connectivity index (χ0v) is 18.9. The number of nitrogens with one attached hydrogen (secondary N) is 1. The Bertz CT molecular complexity index is 1100. The zero-order chi connectivity index (χ0) is 23.0. The lowest BCUT2D eigenvalue weighted by Gasteiger charge is -2.24. The van der Waals surface area contributed by atoms with Gasteiger partial charge in [0.15, 0.2) is 5.71 Å². The van der Waals surface area contributed by atoms with E-state index in [2.05, 4.69) is 10.4 Å². The molecule has 0 radical (unpaired) electrons. The zero-order valence-electron chi connectivity index (χ0n) is 18.9. The number of nitrogens with zero attached hydrogens (tertiary/aromatic N) is 2. The molecule has 0 aliphatic heterocycles. The molecule has 0 spiro atoms. The predicted molar refractivity (Wildman–Crippen MR) is 132 cm³/mol. The number of para-hydroxylation sites is 1. The van der Waals surface area contributed by atoms with E-state index in [9.17, 15) is 9.59 Å². The molecule has 2 amide bonds. The predicted octanol–water partition coefficient (Wildman–Crippen LogP) is 5.50. The molecule has 0 aromatic heterocycles. The summed E-state index contributed by atoms with van der Waals surface area (Å²) in [5.74, 6) is -0.551. The first-order valence-electron chi connectivity index (χ1n) is 11.5. The van der Waals surface area contributed by atoms with Crippen LogP contribution < -0.4 is 10.3 Å². The topological polar surface area (TPSA) is 61.8 Å². The molecule has 0 saturated heterocycles. The summed E-state index contributed by atoms with van der Waals surface area (Å²) in [7, 11) is 0. The summed E-state index contributed by atoms with van der Waals surface area (Å²) < 4.78 is 0. The second-order valence-electron chi connectivity index (χ2n) is 8.44. The number of hydrogen-bond acceptors (Lipinski definition) is 3. The molecule has 0 heterocycles. The highest BCUT2D eigenvalue weighted by Gasteiger charge is 2.24. The summed E-state index contributed by atoms with van der Waals surface area (Å²) in [4.78, 5) is 26.9. The first kappa shape index (κ1) is 22.5. The van der Waals surface area contributed by atoms with Crippen molar-refractivity contribution in [1.29, 1.82) is 0 Å². The van der Waals surface area contributed by atoms with Gasteiger partial charge in [-0.25, -0.2) is 0 Å². The summed E-state index contributed by atoms with van der Waals surface area (Å²) in [6, 6.07) is 26.0. The van der Waals surface area contributed by atoms with Gasteiger partial charge in [-0.3, -0.25) is 9.59 Å². The highest BCUT2D eigenvalue weighted by atomic mass is 16.2. The van der Waals surface area contributed by atoms with E-state index in [1.54, 1.807) is 12.1 Å². The third-order valence-electron chi connectivity index (χ3n) is 5.89. The second kappa shape index (κ2) is 10.7. The Hall–Kier alpha value is -3.73. The third kappa shape index (κ3) is 5.75. The molecule has 4 rings (SSSR count). The van der Waals surface area contributed by atoms with Gasteiger partial charge in [-0.05, 0) is 44.0 Å². The van der Waals surface area contributed by atoms with Gasteiger partial charge in [-0.1, -0.05) is 85.5 Å². The molecule has 3 aromatic carbocycles. The SMILES string of the molecule is Cc1ccc(/C(=N/N(C(=O)c2ccccc2)c2ccccc2)C(=O)NC2CCCCC2)cc1. The highest BCUT2D eigenvalue weighted by molar-refractivity contribution is 6.45. The number of rotatable bonds is 6. The van der Waals surface area contributed by atoms with E-state index in [1.807, 2.05) is 79.7 Å². The fraction of sp³-hybridized carbons (Fsp3) is 0.250. The van der Waals surface area contributed by atoms with Crippen molar-refractivity contribution < 1.29 is 9.59 Å². The minimum atomic E-state index is -0.295. The van der Waals surface area contributed by atoms with Crippen LogP contribution in [0.3, 0.4) is 0 Å². The Labute approximate surface area is 195 Å². The number of carbonyl (C=O) groups is 2. The van der Waals surface area contributed by atoms with Gasteiger partial charge in [0.05, 0.1) is 5.69 Å². The normalized spacial score (nSPS) is 14.5. The van der Waals surface area contributed by atoms with Crippen LogP contribution in [0.1, 0.15) is 53.6 Å². The summed E-state index contributed by atoms with van der Waals surface area (Å²) in [5, 5.41) is 9.16. The second-order valence-corrected chi connectivity index (χ2v) is 8.44. The van der Waals surface area contributed by atoms with Crippen molar-refractivity contribution in [3.8, 4) is 0 Å². The van der Waals surface area contributed by atoms with E-state index < -0.39 is 0 Å². The smallest absolute Gasteiger partial charge is 0.278 e. The number of benzene rings is 3. The molecule has 1 N–H and O–H groups in total. The molecule has 1 fully saturated rings. The van der Waals surface area contributed by atoms with Gasteiger partial charge in [0.25, 0.3) is 11.8 Å². The summed E-state index contributed by atoms with van der Waals surface area (Å²) >= 11 is 0. The van der Waals surface area contributed by atoms with Crippen LogP contribution in [0.15, 0.2) is 90.0 Å². The molecule has 0 bridgehead atoms. The molecular formula is C28H29N3O2. The summed E-state index contributed by atoms with van der Waals surface area (Å²) in [6.45, 7) is 2.00. The number of anilines is 1. The highest BCUT2D eigenvalue weighted by Crippen LogP contribution is 2.20. The van der Waals surface area contributed by atoms with Crippen LogP contribution in [0.4, 0.5) is 5.69 Å². The van der Waals surface area contributed by atoms with Gasteiger partial charge in [0.2, 0.25) is 0 Å². The lowest BCUT2D eigenvalue weighted by molar-refractivity contribution is -0.115. The van der Waals surface area contributed by atoms with E-state index >= 15 is 0 Å². The van der Waals surface area contributed by atoms with E-state index in [-0.39, 0.29) is 23.6 Å². The van der Waals surface area contributed by atoms with E-state index in [4.69, 9.17) is 0 Å². The maximum Gasteiger partial charge on any atom is 0.278 e. The van der Waals surface area contributed by atoms with Gasteiger partial charge >= 0.3 is 0 Å². The van der Waals surface area contributed by atoms with Gasteiger partial charge < -0.3 is 5.32 Å². The number of hydrazone groups is 1. The molecule has 1 saturated carbocycles. The van der Waals surface area contributed by atoms with Crippen LogP contribution in [0.25, 0.3) is 0 Å².